The first-order valence-corrected chi connectivity index (χ1v) is 14.9. The normalized spacial score (nSPS) is 18.8. The van der Waals surface area contributed by atoms with E-state index in [4.69, 9.17) is 23.9 Å². The van der Waals surface area contributed by atoms with Crippen LogP contribution in [0.25, 0.3) is 0 Å². The molecular weight excluding hydrogens is 544 g/mol. The first-order chi connectivity index (χ1) is 21.0. The molecule has 0 aliphatic heterocycles. The molecule has 2 saturated carbocycles. The Morgan fingerprint density at radius 3 is 1.84 bits per heavy atom. The minimum Gasteiger partial charge on any atom is -0.506 e. The fraction of sp³-hybridized carbons (Fsp3) is 0.429. The second-order valence-electron chi connectivity index (χ2n) is 10.6. The van der Waals surface area contributed by atoms with Crippen LogP contribution in [0, 0.1) is 5.92 Å². The number of rotatable bonds is 6. The average Bonchev–Trinajstić information content (AvgIpc) is 3.06. The molecular formula is C35H42N2O6. The zero-order valence-electron chi connectivity index (χ0n) is 25.1. The van der Waals surface area contributed by atoms with Gasteiger partial charge in [-0.3, -0.25) is 9.97 Å². The molecule has 2 heterocycles. The molecule has 0 saturated heterocycles. The van der Waals surface area contributed by atoms with Crippen LogP contribution in [-0.4, -0.2) is 27.4 Å². The summed E-state index contributed by atoms with van der Waals surface area (Å²) in [7, 11) is 0. The Balaban J connectivity index is 0.000000266. The molecule has 0 radical (unpaired) electrons. The third-order valence-electron chi connectivity index (χ3n) is 8.08. The number of ether oxygens (including phenoxy) is 1. The maximum atomic E-state index is 9.17. The number of hydrogen-bond donors (Lipinski definition) is 1. The molecule has 3 aromatic rings. The van der Waals surface area contributed by atoms with Gasteiger partial charge in [0.15, 0.2) is 0 Å². The molecule has 2 aliphatic carbocycles. The molecule has 1 aromatic carbocycles. The van der Waals surface area contributed by atoms with Gasteiger partial charge in [0.1, 0.15) is 18.1 Å². The van der Waals surface area contributed by atoms with Gasteiger partial charge >= 0.3 is 12.3 Å². The average molecular weight is 587 g/mol. The molecule has 228 valence electrons. The van der Waals surface area contributed by atoms with Crippen molar-refractivity contribution >= 4 is 12.3 Å². The number of pyridine rings is 2. The van der Waals surface area contributed by atoms with Crippen molar-refractivity contribution in [3.63, 3.8) is 0 Å². The summed E-state index contributed by atoms with van der Waals surface area (Å²) in [5, 5.41) is 9.17. The largest absolute Gasteiger partial charge is 0.506 e. The van der Waals surface area contributed by atoms with Crippen molar-refractivity contribution in [3.05, 3.63) is 95.6 Å². The number of carbonyl (C=O) groups excluding carboxylic acids is 4. The van der Waals surface area contributed by atoms with Crippen molar-refractivity contribution < 1.29 is 29.0 Å². The number of allylic oxidation sites excluding steroid dienone is 2. The molecule has 0 spiro atoms. The van der Waals surface area contributed by atoms with Crippen LogP contribution in [0.2, 0.25) is 0 Å². The second-order valence-corrected chi connectivity index (χ2v) is 10.6. The van der Waals surface area contributed by atoms with E-state index in [1.807, 2.05) is 30.5 Å². The summed E-state index contributed by atoms with van der Waals surface area (Å²) in [6.45, 7) is 5.02. The lowest BCUT2D eigenvalue weighted by atomic mass is 9.79. The Kier molecular flexibility index (Phi) is 16.6. The lowest BCUT2D eigenvalue weighted by molar-refractivity contribution is -0.193. The van der Waals surface area contributed by atoms with E-state index >= 15 is 0 Å². The van der Waals surface area contributed by atoms with Gasteiger partial charge in [-0.05, 0) is 94.0 Å². The van der Waals surface area contributed by atoms with Gasteiger partial charge in [-0.2, -0.15) is 19.2 Å². The van der Waals surface area contributed by atoms with Crippen LogP contribution in [0.5, 0.6) is 11.5 Å². The molecule has 0 atom stereocenters. The lowest BCUT2D eigenvalue weighted by Crippen LogP contribution is -2.13. The van der Waals surface area contributed by atoms with E-state index in [1.165, 1.54) is 69.0 Å². The number of nitrogens with zero attached hydrogens (tertiary/aromatic N) is 2. The maximum absolute atomic E-state index is 9.17. The molecule has 8 nitrogen and oxygen atoms in total. The number of aromatic nitrogens is 2. The Labute approximate surface area is 254 Å². The van der Waals surface area contributed by atoms with Gasteiger partial charge in [-0.1, -0.05) is 55.3 Å². The molecule has 8 heteroatoms. The first kappa shape index (κ1) is 34.8. The molecule has 43 heavy (non-hydrogen) atoms. The van der Waals surface area contributed by atoms with E-state index in [0.717, 1.165) is 17.4 Å². The monoisotopic (exact) mass is 586 g/mol. The van der Waals surface area contributed by atoms with Gasteiger partial charge in [0.05, 0.1) is 12.4 Å². The van der Waals surface area contributed by atoms with E-state index in [2.05, 4.69) is 54.2 Å². The quantitative estimate of drug-likeness (QED) is 0.293. The molecule has 0 unspecified atom stereocenters. The molecule has 5 rings (SSSR count). The standard InChI is InChI=1S/C20H23NO.C13H19NO.2CO2/c1-2-16-8-10-18(11-9-16)20-13-12-19(14-21-20)22-15-17-6-4-3-5-7-17;1-2-10-3-5-11(6-4-10)13-8-7-12(15)9-14-13;2*2-1-3/h2-7,12-14,18H,8-11,15H2,1H3;7-11,15H,2-6H2,1H3;;. The summed E-state index contributed by atoms with van der Waals surface area (Å²) < 4.78 is 5.80. The first-order valence-electron chi connectivity index (χ1n) is 14.9. The van der Waals surface area contributed by atoms with Crippen molar-refractivity contribution in [2.45, 2.75) is 90.1 Å². The van der Waals surface area contributed by atoms with Gasteiger partial charge in [0.2, 0.25) is 0 Å². The van der Waals surface area contributed by atoms with E-state index in [1.54, 1.807) is 17.8 Å². The van der Waals surface area contributed by atoms with E-state index in [0.29, 0.717) is 18.4 Å². The third-order valence-corrected chi connectivity index (χ3v) is 8.08. The van der Waals surface area contributed by atoms with E-state index in [-0.39, 0.29) is 18.1 Å². The highest BCUT2D eigenvalue weighted by atomic mass is 16.5. The Morgan fingerprint density at radius 1 is 0.791 bits per heavy atom. The van der Waals surface area contributed by atoms with E-state index in [9.17, 15) is 5.11 Å². The lowest BCUT2D eigenvalue weighted by Gasteiger charge is -2.27. The minimum atomic E-state index is 0.250. The summed E-state index contributed by atoms with van der Waals surface area (Å²) >= 11 is 0. The number of benzene rings is 1. The topological polar surface area (TPSA) is 124 Å². The molecule has 0 bridgehead atoms. The zero-order chi connectivity index (χ0) is 31.3. The fourth-order valence-electron chi connectivity index (χ4n) is 5.54. The number of hydrogen-bond acceptors (Lipinski definition) is 8. The third kappa shape index (κ3) is 13.0. The van der Waals surface area contributed by atoms with Gasteiger partial charge in [0, 0.05) is 23.2 Å². The summed E-state index contributed by atoms with van der Waals surface area (Å²) in [4.78, 5) is 41.4. The van der Waals surface area contributed by atoms with Crippen LogP contribution >= 0.6 is 0 Å². The summed E-state index contributed by atoms with van der Waals surface area (Å²) in [6, 6.07) is 18.1. The Morgan fingerprint density at radius 2 is 1.35 bits per heavy atom. The van der Waals surface area contributed by atoms with Gasteiger partial charge in [-0.15, -0.1) is 0 Å². The van der Waals surface area contributed by atoms with Crippen LogP contribution < -0.4 is 4.74 Å². The van der Waals surface area contributed by atoms with Crippen molar-refractivity contribution in [1.82, 2.24) is 9.97 Å². The predicted octanol–water partition coefficient (Wildman–Crippen LogP) is 7.57. The zero-order valence-corrected chi connectivity index (χ0v) is 25.1. The van der Waals surface area contributed by atoms with Crippen molar-refractivity contribution in [3.8, 4) is 11.5 Å². The highest BCUT2D eigenvalue weighted by Crippen LogP contribution is 2.36. The Hall–Kier alpha value is -4.38. The van der Waals surface area contributed by atoms with Crippen molar-refractivity contribution in [2.24, 2.45) is 5.92 Å². The highest BCUT2D eigenvalue weighted by Gasteiger charge is 2.22. The smallest absolute Gasteiger partial charge is 0.373 e. The van der Waals surface area contributed by atoms with Gasteiger partial charge in [-0.25, -0.2) is 0 Å². The Bertz CT molecular complexity index is 1250. The molecule has 0 amide bonds. The van der Waals surface area contributed by atoms with Crippen LogP contribution in [0.4, 0.5) is 0 Å². The SMILES string of the molecule is CC=C1CCC(c2ccc(OCc3ccccc3)cn2)CC1.CCC1CCC(c2ccc(O)cn2)CC1.O=C=O.O=C=O. The summed E-state index contributed by atoms with van der Waals surface area (Å²) in [5.74, 6) is 3.26. The van der Waals surface area contributed by atoms with Gasteiger partial charge < -0.3 is 9.84 Å². The second kappa shape index (κ2) is 20.5. The van der Waals surface area contributed by atoms with Crippen LogP contribution in [0.15, 0.2) is 78.6 Å². The molecule has 1 N–H and O–H groups in total. The van der Waals surface area contributed by atoms with Crippen LogP contribution in [0.3, 0.4) is 0 Å². The van der Waals surface area contributed by atoms with Crippen molar-refractivity contribution in [1.29, 1.82) is 0 Å². The molecule has 2 aromatic heterocycles. The molecule has 2 fully saturated rings. The summed E-state index contributed by atoms with van der Waals surface area (Å²) in [5.41, 5.74) is 5.14. The van der Waals surface area contributed by atoms with Crippen molar-refractivity contribution in [2.75, 3.05) is 0 Å². The number of aromatic hydroxyl groups is 1. The fourth-order valence-corrected chi connectivity index (χ4v) is 5.54. The highest BCUT2D eigenvalue weighted by molar-refractivity contribution is 5.24. The molecule has 2 aliphatic rings. The minimum absolute atomic E-state index is 0.250. The van der Waals surface area contributed by atoms with Crippen LogP contribution in [-0.2, 0) is 25.8 Å². The van der Waals surface area contributed by atoms with Gasteiger partial charge in [0.25, 0.3) is 0 Å². The summed E-state index contributed by atoms with van der Waals surface area (Å²) in [6.07, 6.45) is 17.6. The maximum Gasteiger partial charge on any atom is 0.373 e. The predicted molar refractivity (Wildman–Crippen MR) is 161 cm³/mol. The van der Waals surface area contributed by atoms with Crippen LogP contribution in [0.1, 0.15) is 100 Å². The van der Waals surface area contributed by atoms with E-state index < -0.39 is 0 Å².